The Morgan fingerprint density at radius 1 is 1.00 bits per heavy atom. The third-order valence-electron chi connectivity index (χ3n) is 5.99. The van der Waals surface area contributed by atoms with Gasteiger partial charge in [-0.3, -0.25) is 9.59 Å². The fourth-order valence-corrected chi connectivity index (χ4v) is 4.42. The first-order valence-corrected chi connectivity index (χ1v) is 12.1. The van der Waals surface area contributed by atoms with E-state index < -0.39 is 17.7 Å². The summed E-state index contributed by atoms with van der Waals surface area (Å²) in [6.07, 6.45) is 0.527. The highest BCUT2D eigenvalue weighted by Gasteiger charge is 2.46. The molecule has 0 saturated carbocycles. The second-order valence-corrected chi connectivity index (χ2v) is 8.27. The molecule has 0 aliphatic carbocycles. The zero-order valence-corrected chi connectivity index (χ0v) is 20.7. The van der Waals surface area contributed by atoms with E-state index in [9.17, 15) is 14.7 Å². The molecular weight excluding hydrogens is 466 g/mol. The molecule has 0 bridgehead atoms. The molecule has 1 atom stereocenters. The van der Waals surface area contributed by atoms with Crippen LogP contribution < -0.4 is 18.9 Å². The Morgan fingerprint density at radius 2 is 1.72 bits per heavy atom. The molecular formula is C27H31NO8. The molecule has 0 radical (unpaired) electrons. The van der Waals surface area contributed by atoms with Gasteiger partial charge in [-0.25, -0.2) is 0 Å². The lowest BCUT2D eigenvalue weighted by molar-refractivity contribution is -0.140. The number of fused-ring (bicyclic) bond motifs is 1. The second-order valence-electron chi connectivity index (χ2n) is 8.27. The molecule has 0 aromatic heterocycles. The van der Waals surface area contributed by atoms with Gasteiger partial charge in [0, 0.05) is 25.8 Å². The van der Waals surface area contributed by atoms with Crippen LogP contribution in [0.3, 0.4) is 0 Å². The normalized spacial score (nSPS) is 18.4. The molecule has 2 aliphatic heterocycles. The minimum absolute atomic E-state index is 0.000651. The van der Waals surface area contributed by atoms with E-state index in [0.717, 1.165) is 0 Å². The predicted molar refractivity (Wildman–Crippen MR) is 132 cm³/mol. The summed E-state index contributed by atoms with van der Waals surface area (Å²) in [6, 6.07) is 9.41. The van der Waals surface area contributed by atoms with Crippen molar-refractivity contribution in [2.24, 2.45) is 0 Å². The number of amides is 1. The number of hydrogen-bond donors (Lipinski definition) is 1. The van der Waals surface area contributed by atoms with Crippen LogP contribution in [0.1, 0.15) is 37.4 Å². The molecule has 1 fully saturated rings. The largest absolute Gasteiger partial charge is 0.507 e. The summed E-state index contributed by atoms with van der Waals surface area (Å²) in [5.74, 6) is 0.373. The number of benzene rings is 2. The van der Waals surface area contributed by atoms with Crippen LogP contribution in [0.25, 0.3) is 5.76 Å². The molecule has 2 aromatic rings. The lowest BCUT2D eigenvalue weighted by Crippen LogP contribution is -2.31. The molecule has 1 saturated heterocycles. The van der Waals surface area contributed by atoms with E-state index in [4.69, 9.17) is 23.7 Å². The van der Waals surface area contributed by atoms with Gasteiger partial charge in [0.1, 0.15) is 19.0 Å². The number of likely N-dealkylation sites (tertiary alicyclic amines) is 1. The van der Waals surface area contributed by atoms with Gasteiger partial charge in [0.15, 0.2) is 23.0 Å². The topological polar surface area (TPSA) is 104 Å². The smallest absolute Gasteiger partial charge is 0.295 e. The van der Waals surface area contributed by atoms with Crippen LogP contribution in [0.4, 0.5) is 0 Å². The third-order valence-corrected chi connectivity index (χ3v) is 5.99. The van der Waals surface area contributed by atoms with Gasteiger partial charge in [-0.05, 0) is 56.2 Å². The van der Waals surface area contributed by atoms with E-state index in [1.165, 1.54) is 4.90 Å². The molecule has 1 N–H and O–H groups in total. The van der Waals surface area contributed by atoms with Gasteiger partial charge in [-0.15, -0.1) is 0 Å². The van der Waals surface area contributed by atoms with E-state index in [1.807, 2.05) is 13.8 Å². The number of methoxy groups -OCH3 is 1. The number of carbonyl (C=O) groups is 2. The Hall–Kier alpha value is -3.72. The first-order valence-electron chi connectivity index (χ1n) is 12.1. The number of hydrogen-bond acceptors (Lipinski definition) is 8. The molecule has 0 spiro atoms. The summed E-state index contributed by atoms with van der Waals surface area (Å²) in [6.45, 7) is 6.12. The number of aliphatic hydroxyl groups is 1. The Morgan fingerprint density at radius 3 is 2.44 bits per heavy atom. The average molecular weight is 498 g/mol. The maximum atomic E-state index is 13.3. The molecule has 2 aliphatic rings. The second kappa shape index (κ2) is 11.3. The minimum atomic E-state index is -0.815. The van der Waals surface area contributed by atoms with Gasteiger partial charge in [0.05, 0.1) is 24.8 Å². The summed E-state index contributed by atoms with van der Waals surface area (Å²) < 4.78 is 27.8. The molecule has 9 heteroatoms. The minimum Gasteiger partial charge on any atom is -0.507 e. The Balaban J connectivity index is 1.82. The van der Waals surface area contributed by atoms with Gasteiger partial charge in [0.2, 0.25) is 0 Å². The van der Waals surface area contributed by atoms with Crippen molar-refractivity contribution in [1.82, 2.24) is 4.90 Å². The van der Waals surface area contributed by atoms with Crippen LogP contribution in [0, 0.1) is 0 Å². The molecule has 4 rings (SSSR count). The molecule has 36 heavy (non-hydrogen) atoms. The van der Waals surface area contributed by atoms with E-state index in [1.54, 1.807) is 43.5 Å². The van der Waals surface area contributed by atoms with Crippen molar-refractivity contribution in [3.63, 3.8) is 0 Å². The summed E-state index contributed by atoms with van der Waals surface area (Å²) in [5, 5.41) is 11.3. The van der Waals surface area contributed by atoms with Crippen molar-refractivity contribution in [2.45, 2.75) is 26.3 Å². The van der Waals surface area contributed by atoms with E-state index >= 15 is 0 Å². The Labute approximate surface area is 210 Å². The molecule has 192 valence electrons. The number of rotatable bonds is 10. The van der Waals surface area contributed by atoms with Crippen molar-refractivity contribution < 1.29 is 38.4 Å². The third kappa shape index (κ3) is 4.97. The van der Waals surface area contributed by atoms with Crippen LogP contribution in [0.5, 0.6) is 23.0 Å². The maximum absolute atomic E-state index is 13.3. The Bertz CT molecular complexity index is 1160. The standard InChI is InChI=1S/C27H31NO8/c1-4-33-19-9-7-17(15-21(19)34-5-2)24-23(26(30)27(31)28(24)11-6-12-32-3)25(29)18-8-10-20-22(16-18)36-14-13-35-20/h7-10,15-16,24,29H,4-6,11-14H2,1-3H3. The summed E-state index contributed by atoms with van der Waals surface area (Å²) >= 11 is 0. The number of nitrogens with zero attached hydrogens (tertiary/aromatic N) is 1. The first kappa shape index (κ1) is 25.4. The number of aliphatic hydroxyl groups excluding tert-OH is 1. The monoisotopic (exact) mass is 497 g/mol. The van der Waals surface area contributed by atoms with Crippen LogP contribution in [0.15, 0.2) is 42.0 Å². The van der Waals surface area contributed by atoms with Crippen LogP contribution >= 0.6 is 0 Å². The van der Waals surface area contributed by atoms with Gasteiger partial charge in [-0.2, -0.15) is 0 Å². The first-order chi connectivity index (χ1) is 17.5. The summed E-state index contributed by atoms with van der Waals surface area (Å²) in [7, 11) is 1.58. The lowest BCUT2D eigenvalue weighted by atomic mass is 9.94. The number of ketones is 1. The van der Waals surface area contributed by atoms with Gasteiger partial charge < -0.3 is 33.7 Å². The van der Waals surface area contributed by atoms with Gasteiger partial charge >= 0.3 is 0 Å². The average Bonchev–Trinajstić information content (AvgIpc) is 3.14. The zero-order chi connectivity index (χ0) is 25.7. The summed E-state index contributed by atoms with van der Waals surface area (Å²) in [4.78, 5) is 27.9. The highest BCUT2D eigenvalue weighted by molar-refractivity contribution is 6.46. The summed E-state index contributed by atoms with van der Waals surface area (Å²) in [5.41, 5.74) is 0.980. The highest BCUT2D eigenvalue weighted by atomic mass is 16.6. The molecule has 2 heterocycles. The van der Waals surface area contributed by atoms with Crippen molar-refractivity contribution in [3.05, 3.63) is 53.1 Å². The molecule has 1 unspecified atom stereocenters. The van der Waals surface area contributed by atoms with Crippen molar-refractivity contribution >= 4 is 17.4 Å². The lowest BCUT2D eigenvalue weighted by Gasteiger charge is -2.26. The predicted octanol–water partition coefficient (Wildman–Crippen LogP) is 3.71. The highest BCUT2D eigenvalue weighted by Crippen LogP contribution is 2.43. The fraction of sp³-hybridized carbons (Fsp3) is 0.407. The number of Topliss-reactive ketones (excluding diaryl/α,β-unsaturated/α-hetero) is 1. The SMILES string of the molecule is CCOc1ccc(C2C(=C(O)c3ccc4c(c3)OCCO4)C(=O)C(=O)N2CCCOC)cc1OCC. The van der Waals surface area contributed by atoms with Crippen molar-refractivity contribution in [2.75, 3.05) is 46.7 Å². The zero-order valence-electron chi connectivity index (χ0n) is 20.7. The molecule has 1 amide bonds. The van der Waals surface area contributed by atoms with Crippen molar-refractivity contribution in [1.29, 1.82) is 0 Å². The van der Waals surface area contributed by atoms with Gasteiger partial charge in [0.25, 0.3) is 11.7 Å². The van der Waals surface area contributed by atoms with E-state index in [2.05, 4.69) is 0 Å². The maximum Gasteiger partial charge on any atom is 0.295 e. The van der Waals surface area contributed by atoms with Crippen LogP contribution in [0.2, 0.25) is 0 Å². The molecule has 9 nitrogen and oxygen atoms in total. The van der Waals surface area contributed by atoms with Crippen LogP contribution in [-0.2, 0) is 14.3 Å². The Kier molecular flexibility index (Phi) is 8.00. The van der Waals surface area contributed by atoms with Crippen molar-refractivity contribution in [3.8, 4) is 23.0 Å². The number of carbonyl (C=O) groups excluding carboxylic acids is 2. The number of ether oxygens (including phenoxy) is 5. The fourth-order valence-electron chi connectivity index (χ4n) is 4.42. The van der Waals surface area contributed by atoms with E-state index in [0.29, 0.717) is 73.6 Å². The van der Waals surface area contributed by atoms with Crippen LogP contribution in [-0.4, -0.2) is 68.4 Å². The van der Waals surface area contributed by atoms with Gasteiger partial charge in [-0.1, -0.05) is 6.07 Å². The molecule has 2 aromatic carbocycles. The van der Waals surface area contributed by atoms with E-state index in [-0.39, 0.29) is 17.9 Å². The quantitative estimate of drug-likeness (QED) is 0.229.